The molecule has 0 radical (unpaired) electrons. The molecule has 0 aromatic carbocycles. The summed E-state index contributed by atoms with van der Waals surface area (Å²) in [6, 6.07) is -0.154. The lowest BCUT2D eigenvalue weighted by Crippen LogP contribution is -2.37. The zero-order valence-corrected chi connectivity index (χ0v) is 11.2. The molecule has 5 nitrogen and oxygen atoms in total. The van der Waals surface area contributed by atoms with Gasteiger partial charge in [-0.15, -0.1) is 10.2 Å². The average molecular weight is 242 g/mol. The molecule has 1 aromatic heterocycles. The summed E-state index contributed by atoms with van der Waals surface area (Å²) in [5.74, 6) is 0. The van der Waals surface area contributed by atoms with Crippen molar-refractivity contribution in [3.8, 4) is 0 Å². The number of nitrogens with zero attached hydrogens (tertiary/aromatic N) is 3. The Hall–Kier alpha value is -1.17. The summed E-state index contributed by atoms with van der Waals surface area (Å²) < 4.78 is 0. The van der Waals surface area contributed by atoms with Crippen molar-refractivity contribution in [1.29, 1.82) is 0 Å². The van der Waals surface area contributed by atoms with Gasteiger partial charge in [0.25, 0.3) is 0 Å². The van der Waals surface area contributed by atoms with E-state index in [-0.39, 0.29) is 11.4 Å². The SMILES string of the molecule is CCN(C(=O)NC)c1nnc(C(C)(C)C)s1. The molecule has 16 heavy (non-hydrogen) atoms. The molecule has 1 rings (SSSR count). The zero-order valence-electron chi connectivity index (χ0n) is 10.4. The largest absolute Gasteiger partial charge is 0.341 e. The standard InChI is InChI=1S/C10H18N4OS/c1-6-14(8(15)11-5)9-13-12-7(16-9)10(2,3)4/h6H2,1-5H3,(H,11,15). The summed E-state index contributed by atoms with van der Waals surface area (Å²) in [6.45, 7) is 8.72. The second-order valence-corrected chi connectivity index (χ2v) is 5.40. The number of carbonyl (C=O) groups excluding carboxylic acids is 1. The predicted octanol–water partition coefficient (Wildman–Crippen LogP) is 2.00. The Balaban J connectivity index is 2.96. The van der Waals surface area contributed by atoms with Crippen molar-refractivity contribution in [3.05, 3.63) is 5.01 Å². The van der Waals surface area contributed by atoms with E-state index in [1.165, 1.54) is 11.3 Å². The Morgan fingerprint density at radius 3 is 2.44 bits per heavy atom. The lowest BCUT2D eigenvalue weighted by molar-refractivity contribution is 0.248. The van der Waals surface area contributed by atoms with Crippen LogP contribution >= 0.6 is 11.3 Å². The summed E-state index contributed by atoms with van der Waals surface area (Å²) in [6.07, 6.45) is 0. The lowest BCUT2D eigenvalue weighted by Gasteiger charge is -2.16. The van der Waals surface area contributed by atoms with Gasteiger partial charge in [0.15, 0.2) is 0 Å². The number of nitrogens with one attached hydrogen (secondary N) is 1. The van der Waals surface area contributed by atoms with Gasteiger partial charge >= 0.3 is 6.03 Å². The van der Waals surface area contributed by atoms with Gasteiger partial charge in [-0.1, -0.05) is 32.1 Å². The van der Waals surface area contributed by atoms with Crippen LogP contribution in [0.4, 0.5) is 9.93 Å². The molecule has 0 bridgehead atoms. The monoisotopic (exact) mass is 242 g/mol. The number of rotatable bonds is 2. The highest BCUT2D eigenvalue weighted by molar-refractivity contribution is 7.15. The van der Waals surface area contributed by atoms with E-state index in [0.29, 0.717) is 11.7 Å². The van der Waals surface area contributed by atoms with Crippen molar-refractivity contribution in [2.24, 2.45) is 0 Å². The van der Waals surface area contributed by atoms with Crippen LogP contribution < -0.4 is 10.2 Å². The molecule has 6 heteroatoms. The number of urea groups is 1. The topological polar surface area (TPSA) is 58.1 Å². The highest BCUT2D eigenvalue weighted by Gasteiger charge is 2.23. The summed E-state index contributed by atoms with van der Waals surface area (Å²) in [7, 11) is 1.61. The van der Waals surface area contributed by atoms with Gasteiger partial charge in [0, 0.05) is 19.0 Å². The smallest absolute Gasteiger partial charge is 0.323 e. The molecule has 1 heterocycles. The van der Waals surface area contributed by atoms with E-state index in [9.17, 15) is 4.79 Å². The molecule has 0 fully saturated rings. The minimum absolute atomic E-state index is 0.0297. The summed E-state index contributed by atoms with van der Waals surface area (Å²) >= 11 is 1.46. The molecular formula is C10H18N4OS. The average Bonchev–Trinajstić information content (AvgIpc) is 2.67. The van der Waals surface area contributed by atoms with E-state index in [1.807, 2.05) is 6.92 Å². The number of anilines is 1. The third-order valence-electron chi connectivity index (χ3n) is 2.06. The van der Waals surface area contributed by atoms with Crippen molar-refractivity contribution in [3.63, 3.8) is 0 Å². The van der Waals surface area contributed by atoms with E-state index in [4.69, 9.17) is 0 Å². The van der Waals surface area contributed by atoms with E-state index in [1.54, 1.807) is 11.9 Å². The Bertz CT molecular complexity index is 369. The van der Waals surface area contributed by atoms with E-state index in [0.717, 1.165) is 5.01 Å². The third-order valence-corrected chi connectivity index (χ3v) is 3.43. The van der Waals surface area contributed by atoms with Crippen molar-refractivity contribution in [2.75, 3.05) is 18.5 Å². The predicted molar refractivity (Wildman–Crippen MR) is 66.1 cm³/mol. The van der Waals surface area contributed by atoms with Gasteiger partial charge in [-0.25, -0.2) is 4.79 Å². The maximum atomic E-state index is 11.6. The summed E-state index contributed by atoms with van der Waals surface area (Å²) in [4.78, 5) is 13.1. The van der Waals surface area contributed by atoms with Crippen LogP contribution in [0.15, 0.2) is 0 Å². The molecular weight excluding hydrogens is 224 g/mol. The molecule has 0 atom stereocenters. The number of aromatic nitrogens is 2. The number of carbonyl (C=O) groups is 1. The normalized spacial score (nSPS) is 11.3. The molecule has 1 aromatic rings. The molecule has 0 aliphatic heterocycles. The van der Waals surface area contributed by atoms with Crippen molar-refractivity contribution in [1.82, 2.24) is 15.5 Å². The van der Waals surface area contributed by atoms with Crippen LogP contribution in [0, 0.1) is 0 Å². The Morgan fingerprint density at radius 2 is 2.06 bits per heavy atom. The fourth-order valence-corrected chi connectivity index (χ4v) is 2.09. The van der Waals surface area contributed by atoms with Crippen LogP contribution in [0.2, 0.25) is 0 Å². The molecule has 0 saturated carbocycles. The van der Waals surface area contributed by atoms with Crippen molar-refractivity contribution >= 4 is 22.5 Å². The fraction of sp³-hybridized carbons (Fsp3) is 0.700. The van der Waals surface area contributed by atoms with Crippen molar-refractivity contribution in [2.45, 2.75) is 33.1 Å². The van der Waals surface area contributed by atoms with Gasteiger partial charge in [-0.2, -0.15) is 0 Å². The highest BCUT2D eigenvalue weighted by Crippen LogP contribution is 2.29. The number of hydrogen-bond donors (Lipinski definition) is 1. The Morgan fingerprint density at radius 1 is 1.44 bits per heavy atom. The molecule has 1 N–H and O–H groups in total. The fourth-order valence-electron chi connectivity index (χ4n) is 1.13. The van der Waals surface area contributed by atoms with Crippen LogP contribution in [0.5, 0.6) is 0 Å². The Labute approximate surface area is 99.9 Å². The molecule has 2 amide bonds. The van der Waals surface area contributed by atoms with Crippen LogP contribution in [0.3, 0.4) is 0 Å². The molecule has 0 spiro atoms. The first-order valence-corrected chi connectivity index (χ1v) is 6.05. The molecule has 0 saturated heterocycles. The molecule has 0 aliphatic rings. The maximum absolute atomic E-state index is 11.6. The van der Waals surface area contributed by atoms with Gasteiger partial charge in [0.2, 0.25) is 5.13 Å². The van der Waals surface area contributed by atoms with E-state index < -0.39 is 0 Å². The Kier molecular flexibility index (Phi) is 3.85. The van der Waals surface area contributed by atoms with Crippen LogP contribution in [-0.2, 0) is 5.41 Å². The van der Waals surface area contributed by atoms with Crippen molar-refractivity contribution < 1.29 is 4.79 Å². The molecule has 90 valence electrons. The quantitative estimate of drug-likeness (QED) is 0.863. The van der Waals surface area contributed by atoms with Gasteiger partial charge in [-0.05, 0) is 6.92 Å². The first-order chi connectivity index (χ1) is 7.40. The van der Waals surface area contributed by atoms with Gasteiger partial charge in [-0.3, -0.25) is 4.90 Å². The lowest BCUT2D eigenvalue weighted by atomic mass is 9.98. The zero-order chi connectivity index (χ0) is 12.3. The third kappa shape index (κ3) is 2.69. The van der Waals surface area contributed by atoms with Gasteiger partial charge in [0.1, 0.15) is 5.01 Å². The second-order valence-electron chi connectivity index (χ2n) is 4.44. The van der Waals surface area contributed by atoms with Gasteiger partial charge < -0.3 is 5.32 Å². The summed E-state index contributed by atoms with van der Waals surface area (Å²) in [5, 5.41) is 12.3. The minimum atomic E-state index is -0.154. The molecule has 0 unspecified atom stereocenters. The van der Waals surface area contributed by atoms with Gasteiger partial charge in [0.05, 0.1) is 0 Å². The van der Waals surface area contributed by atoms with Crippen LogP contribution in [-0.4, -0.2) is 29.8 Å². The van der Waals surface area contributed by atoms with E-state index >= 15 is 0 Å². The highest BCUT2D eigenvalue weighted by atomic mass is 32.1. The van der Waals surface area contributed by atoms with Crippen LogP contribution in [0.1, 0.15) is 32.7 Å². The van der Waals surface area contributed by atoms with E-state index in [2.05, 4.69) is 36.3 Å². The number of amides is 2. The maximum Gasteiger partial charge on any atom is 0.323 e. The minimum Gasteiger partial charge on any atom is -0.341 e. The number of hydrogen-bond acceptors (Lipinski definition) is 4. The van der Waals surface area contributed by atoms with Crippen LogP contribution in [0.25, 0.3) is 0 Å². The summed E-state index contributed by atoms with van der Waals surface area (Å²) in [5.41, 5.74) is -0.0297. The molecule has 0 aliphatic carbocycles. The second kappa shape index (κ2) is 4.78. The first-order valence-electron chi connectivity index (χ1n) is 5.23. The first kappa shape index (κ1) is 12.9.